The highest BCUT2D eigenvalue weighted by Crippen LogP contribution is 2.18. The number of ether oxygens (including phenoxy) is 3. The first-order valence-corrected chi connectivity index (χ1v) is 9.33. The number of halogens is 4. The van der Waals surface area contributed by atoms with E-state index in [0.717, 1.165) is 17.1 Å². The van der Waals surface area contributed by atoms with Crippen molar-refractivity contribution < 1.29 is 27.4 Å². The van der Waals surface area contributed by atoms with Crippen LogP contribution in [0.5, 0.6) is 11.5 Å². The van der Waals surface area contributed by atoms with Gasteiger partial charge in [0.05, 0.1) is 20.3 Å². The van der Waals surface area contributed by atoms with Gasteiger partial charge in [0.1, 0.15) is 24.7 Å². The SMILES string of the molecule is CN=C(NCCOc1cccc(OC)c1)NCc1ccc(COCC(F)(F)F)cc1.I. The third kappa shape index (κ3) is 11.1. The maximum atomic E-state index is 12.1. The fraction of sp³-hybridized carbons (Fsp3) is 0.381. The van der Waals surface area contributed by atoms with Crippen molar-refractivity contribution in [3.63, 3.8) is 0 Å². The van der Waals surface area contributed by atoms with E-state index in [1.807, 2.05) is 36.4 Å². The first kappa shape index (κ1) is 26.8. The van der Waals surface area contributed by atoms with Gasteiger partial charge in [-0.1, -0.05) is 30.3 Å². The minimum absolute atomic E-state index is 0. The molecule has 0 radical (unpaired) electrons. The zero-order valence-electron chi connectivity index (χ0n) is 17.4. The summed E-state index contributed by atoms with van der Waals surface area (Å²) in [5.41, 5.74) is 1.64. The van der Waals surface area contributed by atoms with Crippen molar-refractivity contribution >= 4 is 29.9 Å². The molecule has 0 heterocycles. The van der Waals surface area contributed by atoms with Gasteiger partial charge in [-0.25, -0.2) is 0 Å². The average Bonchev–Trinajstić information content (AvgIpc) is 2.73. The Hall–Kier alpha value is -2.21. The van der Waals surface area contributed by atoms with E-state index in [1.54, 1.807) is 26.3 Å². The third-order valence-electron chi connectivity index (χ3n) is 3.95. The number of benzene rings is 2. The molecule has 0 aliphatic rings. The summed E-state index contributed by atoms with van der Waals surface area (Å²) in [4.78, 5) is 4.15. The van der Waals surface area contributed by atoms with Crippen molar-refractivity contribution in [3.8, 4) is 11.5 Å². The summed E-state index contributed by atoms with van der Waals surface area (Å²) in [7, 11) is 3.27. The number of alkyl halides is 3. The third-order valence-corrected chi connectivity index (χ3v) is 3.95. The number of hydrogen-bond donors (Lipinski definition) is 2. The number of aliphatic imine (C=N–C) groups is 1. The van der Waals surface area contributed by atoms with Gasteiger partial charge >= 0.3 is 6.18 Å². The molecule has 6 nitrogen and oxygen atoms in total. The molecule has 0 aromatic heterocycles. The minimum Gasteiger partial charge on any atom is -0.497 e. The van der Waals surface area contributed by atoms with Crippen LogP contribution < -0.4 is 20.1 Å². The zero-order valence-corrected chi connectivity index (χ0v) is 19.7. The van der Waals surface area contributed by atoms with Crippen LogP contribution in [0.15, 0.2) is 53.5 Å². The predicted octanol–water partition coefficient (Wildman–Crippen LogP) is 4.14. The van der Waals surface area contributed by atoms with E-state index in [9.17, 15) is 13.2 Å². The van der Waals surface area contributed by atoms with E-state index in [4.69, 9.17) is 9.47 Å². The van der Waals surface area contributed by atoms with Crippen LogP contribution in [0.4, 0.5) is 13.2 Å². The second-order valence-corrected chi connectivity index (χ2v) is 6.30. The second kappa shape index (κ2) is 14.0. The van der Waals surface area contributed by atoms with Crippen LogP contribution in [0.3, 0.4) is 0 Å². The number of rotatable bonds is 10. The van der Waals surface area contributed by atoms with Gasteiger partial charge in [0.25, 0.3) is 0 Å². The molecule has 0 amide bonds. The highest BCUT2D eigenvalue weighted by molar-refractivity contribution is 14.0. The molecule has 0 fully saturated rings. The number of hydrogen-bond acceptors (Lipinski definition) is 4. The van der Waals surface area contributed by atoms with Crippen molar-refractivity contribution in [2.45, 2.75) is 19.3 Å². The van der Waals surface area contributed by atoms with Crippen molar-refractivity contribution in [3.05, 3.63) is 59.7 Å². The van der Waals surface area contributed by atoms with E-state index in [1.165, 1.54) is 0 Å². The molecular weight excluding hydrogens is 526 g/mol. The molecule has 2 aromatic carbocycles. The Kier molecular flexibility index (Phi) is 12.1. The van der Waals surface area contributed by atoms with E-state index >= 15 is 0 Å². The van der Waals surface area contributed by atoms with Crippen LogP contribution in [-0.4, -0.2) is 46.1 Å². The smallest absolute Gasteiger partial charge is 0.411 e. The van der Waals surface area contributed by atoms with Gasteiger partial charge < -0.3 is 24.8 Å². The molecule has 0 unspecified atom stereocenters. The van der Waals surface area contributed by atoms with Crippen molar-refractivity contribution in [1.29, 1.82) is 0 Å². The molecule has 0 bridgehead atoms. The standard InChI is InChI=1S/C21H26F3N3O3.HI/c1-25-20(26-10-11-30-19-5-3-4-18(12-19)28-2)27-13-16-6-8-17(9-7-16)14-29-15-21(22,23)24;/h3-9,12H,10-11,13-15H2,1-2H3,(H2,25,26,27);1H. The maximum absolute atomic E-state index is 12.1. The van der Waals surface area contributed by atoms with Gasteiger partial charge in [0.15, 0.2) is 5.96 Å². The summed E-state index contributed by atoms with van der Waals surface area (Å²) in [6, 6.07) is 14.5. The number of nitrogens with zero attached hydrogens (tertiary/aromatic N) is 1. The number of methoxy groups -OCH3 is 1. The minimum atomic E-state index is -4.31. The summed E-state index contributed by atoms with van der Waals surface area (Å²) in [6.07, 6.45) is -4.31. The molecule has 172 valence electrons. The average molecular weight is 553 g/mol. The van der Waals surface area contributed by atoms with Crippen LogP contribution in [0, 0.1) is 0 Å². The quantitative estimate of drug-likeness (QED) is 0.201. The molecule has 0 aliphatic heterocycles. The molecule has 10 heteroatoms. The van der Waals surface area contributed by atoms with Crippen LogP contribution in [-0.2, 0) is 17.9 Å². The van der Waals surface area contributed by atoms with Crippen LogP contribution in [0.25, 0.3) is 0 Å². The highest BCUT2D eigenvalue weighted by Gasteiger charge is 2.27. The topological polar surface area (TPSA) is 64.1 Å². The van der Waals surface area contributed by atoms with Gasteiger partial charge in [-0.15, -0.1) is 24.0 Å². The number of nitrogens with one attached hydrogen (secondary N) is 2. The summed E-state index contributed by atoms with van der Waals surface area (Å²) in [5, 5.41) is 6.32. The van der Waals surface area contributed by atoms with Crippen LogP contribution in [0.1, 0.15) is 11.1 Å². The molecule has 2 N–H and O–H groups in total. The largest absolute Gasteiger partial charge is 0.497 e. The van der Waals surface area contributed by atoms with Crippen molar-refractivity contribution in [2.75, 3.05) is 33.9 Å². The normalized spacial score (nSPS) is 11.5. The number of guanidine groups is 1. The Morgan fingerprint density at radius 2 is 1.68 bits per heavy atom. The molecule has 31 heavy (non-hydrogen) atoms. The van der Waals surface area contributed by atoms with Crippen LogP contribution >= 0.6 is 24.0 Å². The van der Waals surface area contributed by atoms with Gasteiger partial charge in [-0.05, 0) is 23.3 Å². The lowest BCUT2D eigenvalue weighted by molar-refractivity contribution is -0.176. The molecule has 2 aromatic rings. The fourth-order valence-corrected chi connectivity index (χ4v) is 2.47. The molecule has 2 rings (SSSR count). The lowest BCUT2D eigenvalue weighted by Crippen LogP contribution is -2.38. The molecule has 0 spiro atoms. The van der Waals surface area contributed by atoms with Gasteiger partial charge in [0.2, 0.25) is 0 Å². The van der Waals surface area contributed by atoms with Crippen LogP contribution in [0.2, 0.25) is 0 Å². The lowest BCUT2D eigenvalue weighted by Gasteiger charge is -2.13. The Morgan fingerprint density at radius 3 is 2.32 bits per heavy atom. The molecular formula is C21H27F3IN3O3. The van der Waals surface area contributed by atoms with E-state index < -0.39 is 12.8 Å². The predicted molar refractivity (Wildman–Crippen MR) is 124 cm³/mol. The Bertz CT molecular complexity index is 802. The highest BCUT2D eigenvalue weighted by atomic mass is 127. The first-order chi connectivity index (χ1) is 14.4. The summed E-state index contributed by atoms with van der Waals surface area (Å²) >= 11 is 0. The lowest BCUT2D eigenvalue weighted by atomic mass is 10.1. The summed E-state index contributed by atoms with van der Waals surface area (Å²) < 4.78 is 51.8. The van der Waals surface area contributed by atoms with Gasteiger partial charge in [-0.2, -0.15) is 13.2 Å². The van der Waals surface area contributed by atoms with Gasteiger partial charge in [0, 0.05) is 19.7 Å². The Labute approximate surface area is 197 Å². The second-order valence-electron chi connectivity index (χ2n) is 6.30. The zero-order chi connectivity index (χ0) is 21.8. The van der Waals surface area contributed by atoms with Crippen molar-refractivity contribution in [1.82, 2.24) is 10.6 Å². The Balaban J connectivity index is 0.00000480. The fourth-order valence-electron chi connectivity index (χ4n) is 2.47. The summed E-state index contributed by atoms with van der Waals surface area (Å²) in [5.74, 6) is 2.07. The monoisotopic (exact) mass is 553 g/mol. The molecule has 0 atom stereocenters. The molecule has 0 saturated carbocycles. The summed E-state index contributed by atoms with van der Waals surface area (Å²) in [6.45, 7) is 0.177. The maximum Gasteiger partial charge on any atom is 0.411 e. The van der Waals surface area contributed by atoms with E-state index in [-0.39, 0.29) is 30.6 Å². The van der Waals surface area contributed by atoms with E-state index in [2.05, 4.69) is 20.4 Å². The first-order valence-electron chi connectivity index (χ1n) is 9.33. The Morgan fingerprint density at radius 1 is 1.00 bits per heavy atom. The molecule has 0 saturated heterocycles. The van der Waals surface area contributed by atoms with E-state index in [0.29, 0.717) is 31.2 Å². The van der Waals surface area contributed by atoms with Gasteiger partial charge in [-0.3, -0.25) is 4.99 Å². The molecule has 0 aliphatic carbocycles. The van der Waals surface area contributed by atoms with Crippen molar-refractivity contribution in [2.24, 2.45) is 4.99 Å².